The summed E-state index contributed by atoms with van der Waals surface area (Å²) in [7, 11) is -4.67. The molecular weight excluding hydrogens is 199 g/mol. The molecule has 8 heavy (non-hydrogen) atoms. The Morgan fingerprint density at radius 2 is 1.25 bits per heavy atom. The van der Waals surface area contributed by atoms with E-state index in [1.54, 1.807) is 0 Å². The van der Waals surface area contributed by atoms with Crippen LogP contribution in [0.4, 0.5) is 0 Å². The van der Waals surface area contributed by atoms with Gasteiger partial charge in [-0.15, -0.1) is 0 Å². The molecule has 0 amide bonds. The Kier molecular flexibility index (Phi) is 23.8. The molecular formula is H5CuNaO5S. The number of rotatable bonds is 0. The Morgan fingerprint density at radius 3 is 1.25 bits per heavy atom. The Balaban J connectivity index is -0.0000000133. The predicted molar refractivity (Wildman–Crippen MR) is 18.9 cm³/mol. The van der Waals surface area contributed by atoms with E-state index in [1.807, 2.05) is 0 Å². The zero-order valence-electron chi connectivity index (χ0n) is 4.92. The van der Waals surface area contributed by atoms with E-state index in [0.29, 0.717) is 0 Å². The van der Waals surface area contributed by atoms with Crippen molar-refractivity contribution in [2.45, 2.75) is 0 Å². The van der Waals surface area contributed by atoms with E-state index >= 15 is 0 Å². The van der Waals surface area contributed by atoms with Gasteiger partial charge in [-0.25, -0.2) is 0 Å². The molecule has 0 rings (SSSR count). The van der Waals surface area contributed by atoms with Gasteiger partial charge in [0.1, 0.15) is 0 Å². The minimum atomic E-state index is -4.67. The van der Waals surface area contributed by atoms with Crippen LogP contribution >= 0.6 is 0 Å². The van der Waals surface area contributed by atoms with Crippen LogP contribution < -0.4 is 29.6 Å². The summed E-state index contributed by atoms with van der Waals surface area (Å²) >= 11 is 0. The topological polar surface area (TPSA) is 106 Å². The smallest absolute Gasteiger partial charge is 1.00 e. The first-order chi connectivity index (χ1) is 2.00. The third kappa shape index (κ3) is 163. The fourth-order valence-corrected chi connectivity index (χ4v) is 0. The van der Waals surface area contributed by atoms with Crippen LogP contribution in [0.15, 0.2) is 0 Å². The average Bonchev–Trinajstić information content (AvgIpc) is 0.722. The molecule has 0 aromatic rings. The van der Waals surface area contributed by atoms with Crippen molar-refractivity contribution in [3.05, 3.63) is 0 Å². The van der Waals surface area contributed by atoms with Crippen molar-refractivity contribution in [3.8, 4) is 0 Å². The van der Waals surface area contributed by atoms with E-state index in [0.717, 1.165) is 0 Å². The summed E-state index contributed by atoms with van der Waals surface area (Å²) in [5, 5.41) is 0. The second-order valence-electron chi connectivity index (χ2n) is 0.448. The van der Waals surface area contributed by atoms with Gasteiger partial charge in [0.2, 0.25) is 0 Å². The molecule has 0 aliphatic carbocycles. The van der Waals surface area contributed by atoms with Crippen LogP contribution in [0, 0.1) is 0 Å². The van der Waals surface area contributed by atoms with Crippen molar-refractivity contribution >= 4 is 10.4 Å². The first-order valence-corrected chi connectivity index (χ1v) is 2.10. The summed E-state index contributed by atoms with van der Waals surface area (Å²) in [6.45, 7) is 0. The standard InChI is InChI=1S/Cu.Na.H2O4S.H2O.H/c;;1-5(2,3)4;;/h;;(H2,1,2,3,4);1H2;/q;+1;;;-1. The molecule has 0 spiro atoms. The molecule has 0 bridgehead atoms. The van der Waals surface area contributed by atoms with Crippen LogP contribution in [-0.4, -0.2) is 23.0 Å². The van der Waals surface area contributed by atoms with Crippen molar-refractivity contribution in [3.63, 3.8) is 0 Å². The summed E-state index contributed by atoms with van der Waals surface area (Å²) in [4.78, 5) is 0. The molecule has 8 heteroatoms. The van der Waals surface area contributed by atoms with Gasteiger partial charge >= 0.3 is 40.0 Å². The van der Waals surface area contributed by atoms with E-state index < -0.39 is 10.4 Å². The third-order valence-electron chi connectivity index (χ3n) is 0. The van der Waals surface area contributed by atoms with Gasteiger partial charge in [0, 0.05) is 17.1 Å². The quantitative estimate of drug-likeness (QED) is 0.307. The molecule has 4 N–H and O–H groups in total. The minimum absolute atomic E-state index is 0. The summed E-state index contributed by atoms with van der Waals surface area (Å²) in [6.07, 6.45) is 0. The Hall–Kier alpha value is 1.35. The first-order valence-electron chi connectivity index (χ1n) is 0.698. The SMILES string of the molecule is O.O=S(=O)(O)O.[Cu].[H-].[Na+]. The normalized spacial score (nSPS) is 7.25. The molecule has 0 atom stereocenters. The van der Waals surface area contributed by atoms with Gasteiger partial charge < -0.3 is 6.90 Å². The Labute approximate surface area is 81.0 Å². The molecule has 0 aliphatic heterocycles. The van der Waals surface area contributed by atoms with Gasteiger partial charge in [0.05, 0.1) is 0 Å². The average molecular weight is 204 g/mol. The van der Waals surface area contributed by atoms with Crippen LogP contribution in [-0.2, 0) is 27.5 Å². The second kappa shape index (κ2) is 8.35. The summed E-state index contributed by atoms with van der Waals surface area (Å²) < 4.78 is 31.6. The van der Waals surface area contributed by atoms with Crippen molar-refractivity contribution < 1.29 is 71.1 Å². The maximum absolute atomic E-state index is 8.74. The van der Waals surface area contributed by atoms with Gasteiger partial charge in [-0.1, -0.05) is 0 Å². The third-order valence-corrected chi connectivity index (χ3v) is 0. The van der Waals surface area contributed by atoms with Crippen LogP contribution in [0.3, 0.4) is 0 Å². The van der Waals surface area contributed by atoms with E-state index in [4.69, 9.17) is 17.5 Å². The number of hydrogen-bond acceptors (Lipinski definition) is 2. The first kappa shape index (κ1) is 22.8. The van der Waals surface area contributed by atoms with E-state index in [1.165, 1.54) is 0 Å². The second-order valence-corrected chi connectivity index (χ2v) is 1.34. The Bertz CT molecular complexity index is 100. The molecule has 0 aliphatic rings. The molecule has 0 saturated carbocycles. The van der Waals surface area contributed by atoms with Crippen molar-refractivity contribution in [1.29, 1.82) is 0 Å². The van der Waals surface area contributed by atoms with Crippen LogP contribution in [0.2, 0.25) is 0 Å². The predicted octanol–water partition coefficient (Wildman–Crippen LogP) is -4.36. The molecule has 0 fully saturated rings. The summed E-state index contributed by atoms with van der Waals surface area (Å²) in [5.41, 5.74) is 0. The monoisotopic (exact) mass is 203 g/mol. The van der Waals surface area contributed by atoms with Crippen LogP contribution in [0.25, 0.3) is 0 Å². The van der Waals surface area contributed by atoms with Crippen LogP contribution in [0.1, 0.15) is 1.43 Å². The molecule has 1 radical (unpaired) electrons. The molecule has 0 aromatic heterocycles. The summed E-state index contributed by atoms with van der Waals surface area (Å²) in [5.74, 6) is 0. The van der Waals surface area contributed by atoms with E-state index in [9.17, 15) is 0 Å². The Morgan fingerprint density at radius 1 is 1.25 bits per heavy atom. The van der Waals surface area contributed by atoms with Crippen LogP contribution in [0.5, 0.6) is 0 Å². The van der Waals surface area contributed by atoms with Crippen molar-refractivity contribution in [1.82, 2.24) is 0 Å². The fourth-order valence-electron chi connectivity index (χ4n) is 0. The molecule has 0 heterocycles. The molecule has 0 saturated heterocycles. The largest absolute Gasteiger partial charge is 1.00 e. The maximum atomic E-state index is 8.74. The maximum Gasteiger partial charge on any atom is 1.00 e. The van der Waals surface area contributed by atoms with Gasteiger partial charge in [0.25, 0.3) is 0 Å². The van der Waals surface area contributed by atoms with Crippen molar-refractivity contribution in [2.24, 2.45) is 0 Å². The minimum Gasteiger partial charge on any atom is -1.00 e. The van der Waals surface area contributed by atoms with Gasteiger partial charge in [0.15, 0.2) is 0 Å². The molecule has 0 unspecified atom stereocenters. The number of hydrogen-bond donors (Lipinski definition) is 2. The zero-order valence-corrected chi connectivity index (χ0v) is 7.68. The molecule has 53 valence electrons. The van der Waals surface area contributed by atoms with Gasteiger partial charge in [-0.3, -0.25) is 9.11 Å². The van der Waals surface area contributed by atoms with Gasteiger partial charge in [-0.05, 0) is 0 Å². The summed E-state index contributed by atoms with van der Waals surface area (Å²) in [6, 6.07) is 0. The zero-order chi connectivity index (χ0) is 4.50. The fraction of sp³-hybridized carbons (Fsp3) is 0. The van der Waals surface area contributed by atoms with E-state index in [2.05, 4.69) is 0 Å². The van der Waals surface area contributed by atoms with Crippen molar-refractivity contribution in [2.75, 3.05) is 0 Å². The molecule has 5 nitrogen and oxygen atoms in total. The van der Waals surface area contributed by atoms with E-state index in [-0.39, 0.29) is 53.5 Å². The van der Waals surface area contributed by atoms with Gasteiger partial charge in [-0.2, -0.15) is 8.42 Å². The molecule has 0 aromatic carbocycles.